The van der Waals surface area contributed by atoms with E-state index in [-0.39, 0.29) is 5.91 Å². The number of hydrogen-bond acceptors (Lipinski definition) is 6. The monoisotopic (exact) mass is 337 g/mol. The van der Waals surface area contributed by atoms with Crippen LogP contribution in [0.5, 0.6) is 0 Å². The third kappa shape index (κ3) is 3.02. The lowest BCUT2D eigenvalue weighted by Crippen LogP contribution is -2.30. The van der Waals surface area contributed by atoms with Crippen LogP contribution in [0, 0.1) is 6.92 Å². The summed E-state index contributed by atoms with van der Waals surface area (Å²) in [6, 6.07) is 7.28. The van der Waals surface area contributed by atoms with Crippen LogP contribution in [0.25, 0.3) is 5.65 Å². The molecule has 1 N–H and O–H groups in total. The van der Waals surface area contributed by atoms with Crippen molar-refractivity contribution < 1.29 is 4.79 Å². The largest absolute Gasteiger partial charge is 0.355 e. The topological polar surface area (TPSA) is 88.3 Å². The number of aromatic nitrogens is 5. The normalized spacial score (nSPS) is 14.7. The number of imidazole rings is 1. The number of rotatable bonds is 3. The molecule has 0 radical (unpaired) electrons. The number of hydrogen-bond donors (Lipinski definition) is 1. The highest BCUT2D eigenvalue weighted by Crippen LogP contribution is 2.20. The first kappa shape index (κ1) is 15.5. The average molecular weight is 337 g/mol. The van der Waals surface area contributed by atoms with Gasteiger partial charge in [0, 0.05) is 19.3 Å². The number of aryl methyl sites for hydroxylation is 1. The van der Waals surface area contributed by atoms with Crippen molar-refractivity contribution in [2.24, 2.45) is 0 Å². The van der Waals surface area contributed by atoms with Gasteiger partial charge in [-0.25, -0.2) is 9.50 Å². The number of piperidine rings is 1. The molecule has 1 saturated heterocycles. The van der Waals surface area contributed by atoms with Crippen molar-refractivity contribution >= 4 is 23.2 Å². The van der Waals surface area contributed by atoms with E-state index < -0.39 is 0 Å². The smallest absolute Gasteiger partial charge is 0.277 e. The lowest BCUT2D eigenvalue weighted by atomic mass is 10.1. The quantitative estimate of drug-likeness (QED) is 0.787. The number of nitrogens with zero attached hydrogens (tertiary/aromatic N) is 6. The molecule has 1 amide bonds. The van der Waals surface area contributed by atoms with Crippen LogP contribution < -0.4 is 10.2 Å². The predicted molar refractivity (Wildman–Crippen MR) is 93.8 cm³/mol. The van der Waals surface area contributed by atoms with Crippen molar-refractivity contribution in [2.45, 2.75) is 26.2 Å². The Labute approximate surface area is 144 Å². The number of anilines is 2. The molecule has 4 heterocycles. The van der Waals surface area contributed by atoms with Crippen molar-refractivity contribution in [3.63, 3.8) is 0 Å². The molecule has 8 nitrogen and oxygen atoms in total. The van der Waals surface area contributed by atoms with E-state index in [0.29, 0.717) is 22.9 Å². The predicted octanol–water partition coefficient (Wildman–Crippen LogP) is 2.07. The van der Waals surface area contributed by atoms with Gasteiger partial charge in [-0.15, -0.1) is 10.2 Å². The number of carbonyl (C=O) groups excluding carboxylic acids is 1. The van der Waals surface area contributed by atoms with E-state index in [2.05, 4.69) is 30.5 Å². The molecule has 1 aliphatic heterocycles. The van der Waals surface area contributed by atoms with Crippen LogP contribution in [-0.4, -0.2) is 43.8 Å². The Morgan fingerprint density at radius 1 is 1.16 bits per heavy atom. The van der Waals surface area contributed by atoms with E-state index in [1.165, 1.54) is 19.3 Å². The van der Waals surface area contributed by atoms with Crippen LogP contribution in [0.2, 0.25) is 0 Å². The molecule has 8 heteroatoms. The second kappa shape index (κ2) is 6.46. The third-order valence-corrected chi connectivity index (χ3v) is 4.35. The van der Waals surface area contributed by atoms with E-state index >= 15 is 0 Å². The molecular formula is C17H19N7O. The van der Waals surface area contributed by atoms with Crippen LogP contribution in [0.1, 0.15) is 35.4 Å². The molecule has 0 aromatic carbocycles. The van der Waals surface area contributed by atoms with Crippen molar-refractivity contribution in [1.29, 1.82) is 0 Å². The molecule has 0 saturated carbocycles. The zero-order valence-corrected chi connectivity index (χ0v) is 14.0. The molecule has 0 spiro atoms. The Kier molecular flexibility index (Phi) is 4.01. The third-order valence-electron chi connectivity index (χ3n) is 4.35. The highest BCUT2D eigenvalue weighted by atomic mass is 16.2. The Balaban J connectivity index is 1.69. The zero-order valence-electron chi connectivity index (χ0n) is 14.0. The summed E-state index contributed by atoms with van der Waals surface area (Å²) in [5.41, 5.74) is 1.70. The van der Waals surface area contributed by atoms with E-state index in [0.717, 1.165) is 18.9 Å². The summed E-state index contributed by atoms with van der Waals surface area (Å²) in [4.78, 5) is 19.4. The van der Waals surface area contributed by atoms with Crippen LogP contribution >= 0.6 is 0 Å². The maximum atomic E-state index is 12.7. The number of nitrogens with one attached hydrogen (secondary N) is 1. The van der Waals surface area contributed by atoms with Gasteiger partial charge < -0.3 is 10.2 Å². The van der Waals surface area contributed by atoms with Crippen molar-refractivity contribution in [3.05, 3.63) is 41.9 Å². The lowest BCUT2D eigenvalue weighted by molar-refractivity contribution is 0.101. The number of carbonyl (C=O) groups is 1. The van der Waals surface area contributed by atoms with Crippen molar-refractivity contribution in [3.8, 4) is 0 Å². The molecule has 25 heavy (non-hydrogen) atoms. The molecule has 0 bridgehead atoms. The van der Waals surface area contributed by atoms with Crippen LogP contribution in [-0.2, 0) is 0 Å². The van der Waals surface area contributed by atoms with Gasteiger partial charge in [-0.2, -0.15) is 5.10 Å². The number of fused-ring (bicyclic) bond motifs is 1. The van der Waals surface area contributed by atoms with Gasteiger partial charge in [-0.05, 0) is 50.5 Å². The van der Waals surface area contributed by atoms with Gasteiger partial charge in [0.1, 0.15) is 5.82 Å². The maximum absolute atomic E-state index is 12.7. The van der Waals surface area contributed by atoms with Crippen molar-refractivity contribution in [1.82, 2.24) is 24.8 Å². The van der Waals surface area contributed by atoms with E-state index in [1.54, 1.807) is 29.8 Å². The molecule has 128 valence electrons. The summed E-state index contributed by atoms with van der Waals surface area (Å²) in [6.45, 7) is 3.79. The maximum Gasteiger partial charge on any atom is 0.277 e. The summed E-state index contributed by atoms with van der Waals surface area (Å²) < 4.78 is 1.62. The van der Waals surface area contributed by atoms with Gasteiger partial charge in [-0.1, -0.05) is 0 Å². The minimum atomic E-state index is -0.297. The van der Waals surface area contributed by atoms with Gasteiger partial charge in [0.25, 0.3) is 5.91 Å². The SMILES string of the molecule is Cc1nc2ccc(N3CCCCC3)nn2c1C(=O)Nc1cccnn1. The summed E-state index contributed by atoms with van der Waals surface area (Å²) >= 11 is 0. The highest BCUT2D eigenvalue weighted by Gasteiger charge is 2.20. The molecule has 1 fully saturated rings. The average Bonchev–Trinajstić information content (AvgIpc) is 2.98. The first-order valence-electron chi connectivity index (χ1n) is 8.43. The van der Waals surface area contributed by atoms with Crippen LogP contribution in [0.4, 0.5) is 11.6 Å². The molecule has 3 aromatic rings. The molecule has 1 aliphatic rings. The second-order valence-corrected chi connectivity index (χ2v) is 6.12. The Morgan fingerprint density at radius 2 is 2.00 bits per heavy atom. The van der Waals surface area contributed by atoms with E-state index in [4.69, 9.17) is 0 Å². The van der Waals surface area contributed by atoms with Gasteiger partial charge in [0.2, 0.25) is 0 Å². The standard InChI is InChI=1S/C17H19N7O/c1-12-16(17(25)20-13-6-5-9-18-21-13)24-14(19-12)7-8-15(22-24)23-10-3-2-4-11-23/h5-9H,2-4,10-11H2,1H3,(H,20,21,25). The van der Waals surface area contributed by atoms with Crippen LogP contribution in [0.3, 0.4) is 0 Å². The minimum Gasteiger partial charge on any atom is -0.355 e. The molecule has 0 atom stereocenters. The lowest BCUT2D eigenvalue weighted by Gasteiger charge is -2.27. The van der Waals surface area contributed by atoms with Gasteiger partial charge in [0.05, 0.1) is 5.69 Å². The fourth-order valence-electron chi connectivity index (χ4n) is 3.13. The van der Waals surface area contributed by atoms with Gasteiger partial charge in [0.15, 0.2) is 17.2 Å². The van der Waals surface area contributed by atoms with E-state index in [9.17, 15) is 4.79 Å². The van der Waals surface area contributed by atoms with Gasteiger partial charge in [-0.3, -0.25) is 4.79 Å². The zero-order chi connectivity index (χ0) is 17.2. The molecule has 3 aromatic heterocycles. The van der Waals surface area contributed by atoms with E-state index in [1.807, 2.05) is 12.1 Å². The first-order chi connectivity index (χ1) is 12.2. The summed E-state index contributed by atoms with van der Waals surface area (Å²) in [5.74, 6) is 0.973. The molecular weight excluding hydrogens is 318 g/mol. The summed E-state index contributed by atoms with van der Waals surface area (Å²) in [6.07, 6.45) is 5.15. The van der Waals surface area contributed by atoms with Gasteiger partial charge >= 0.3 is 0 Å². The highest BCUT2D eigenvalue weighted by molar-refractivity contribution is 6.03. The molecule has 4 rings (SSSR count). The second-order valence-electron chi connectivity index (χ2n) is 6.12. The number of amides is 1. The fourth-order valence-corrected chi connectivity index (χ4v) is 3.13. The minimum absolute atomic E-state index is 0.297. The summed E-state index contributed by atoms with van der Waals surface area (Å²) in [5, 5.41) is 15.1. The molecule has 0 aliphatic carbocycles. The molecule has 0 unspecified atom stereocenters. The fraction of sp³-hybridized carbons (Fsp3) is 0.353. The Morgan fingerprint density at radius 3 is 2.76 bits per heavy atom. The Hall–Kier alpha value is -3.03. The summed E-state index contributed by atoms with van der Waals surface area (Å²) in [7, 11) is 0. The van der Waals surface area contributed by atoms with Crippen LogP contribution in [0.15, 0.2) is 30.5 Å². The van der Waals surface area contributed by atoms with Crippen molar-refractivity contribution in [2.75, 3.05) is 23.3 Å². The Bertz CT molecular complexity index is 900. The first-order valence-corrected chi connectivity index (χ1v) is 8.43.